The summed E-state index contributed by atoms with van der Waals surface area (Å²) in [6.45, 7) is 4.54. The number of ether oxygens (including phenoxy) is 3. The monoisotopic (exact) mass is 778 g/mol. The van der Waals surface area contributed by atoms with E-state index < -0.39 is 67.8 Å². The van der Waals surface area contributed by atoms with Gasteiger partial charge in [-0.15, -0.1) is 0 Å². The molecular formula is C38H49ClF2N4O7S. The molecule has 2 aromatic carbocycles. The number of methoxy groups -OCH3 is 2. The van der Waals surface area contributed by atoms with Crippen molar-refractivity contribution in [3.05, 3.63) is 69.8 Å². The minimum absolute atomic E-state index is 0.0348. The lowest BCUT2D eigenvalue weighted by Gasteiger charge is -2.45. The van der Waals surface area contributed by atoms with Gasteiger partial charge in [0.1, 0.15) is 23.3 Å². The van der Waals surface area contributed by atoms with E-state index in [1.807, 2.05) is 23.1 Å². The Morgan fingerprint density at radius 2 is 1.85 bits per heavy atom. The van der Waals surface area contributed by atoms with E-state index in [2.05, 4.69) is 4.72 Å². The van der Waals surface area contributed by atoms with Crippen LogP contribution in [0.3, 0.4) is 0 Å². The third kappa shape index (κ3) is 7.80. The fourth-order valence-electron chi connectivity index (χ4n) is 8.30. The molecule has 290 valence electrons. The number of fused-ring (bicyclic) bond motifs is 5. The maximum Gasteiger partial charge on any atom is 0.267 e. The van der Waals surface area contributed by atoms with Crippen LogP contribution < -0.4 is 14.4 Å². The van der Waals surface area contributed by atoms with Gasteiger partial charge in [-0.1, -0.05) is 30.7 Å². The van der Waals surface area contributed by atoms with Crippen molar-refractivity contribution >= 4 is 39.1 Å². The van der Waals surface area contributed by atoms with Crippen LogP contribution in [0, 0.1) is 11.7 Å². The Balaban J connectivity index is 1.56. The summed E-state index contributed by atoms with van der Waals surface area (Å²) in [4.78, 5) is 33.4. The highest BCUT2D eigenvalue weighted by Crippen LogP contribution is 2.48. The van der Waals surface area contributed by atoms with Crippen LogP contribution in [0.1, 0.15) is 67.4 Å². The number of amides is 2. The van der Waals surface area contributed by atoms with Gasteiger partial charge in [-0.05, 0) is 86.8 Å². The Kier molecular flexibility index (Phi) is 12.0. The highest BCUT2D eigenvalue weighted by Gasteiger charge is 2.49. The third-order valence-corrected chi connectivity index (χ3v) is 13.6. The van der Waals surface area contributed by atoms with Gasteiger partial charge in [0.25, 0.3) is 5.91 Å². The van der Waals surface area contributed by atoms with Gasteiger partial charge in [0.2, 0.25) is 15.9 Å². The number of benzene rings is 2. The average Bonchev–Trinajstić information content (AvgIpc) is 3.53. The molecule has 0 unspecified atom stereocenters. The van der Waals surface area contributed by atoms with Crippen LogP contribution in [-0.4, -0.2) is 108 Å². The van der Waals surface area contributed by atoms with Gasteiger partial charge in [0.15, 0.2) is 5.82 Å². The summed E-state index contributed by atoms with van der Waals surface area (Å²) < 4.78 is 80.2. The first-order valence-electron chi connectivity index (χ1n) is 18.3. The lowest BCUT2D eigenvalue weighted by atomic mass is 9.70. The Morgan fingerprint density at radius 3 is 2.57 bits per heavy atom. The van der Waals surface area contributed by atoms with E-state index >= 15 is 8.78 Å². The van der Waals surface area contributed by atoms with Crippen molar-refractivity contribution in [2.24, 2.45) is 5.92 Å². The lowest BCUT2D eigenvalue weighted by molar-refractivity contribution is -0.138. The van der Waals surface area contributed by atoms with Crippen molar-refractivity contribution in [3.63, 3.8) is 0 Å². The van der Waals surface area contributed by atoms with Crippen LogP contribution >= 0.6 is 11.6 Å². The van der Waals surface area contributed by atoms with Crippen LogP contribution in [0.4, 0.5) is 14.5 Å². The van der Waals surface area contributed by atoms with E-state index in [1.54, 1.807) is 11.8 Å². The second kappa shape index (κ2) is 16.2. The molecule has 53 heavy (non-hydrogen) atoms. The number of aryl methyl sites for hydroxylation is 1. The second-order valence-corrected chi connectivity index (χ2v) is 17.2. The molecule has 0 aromatic heterocycles. The van der Waals surface area contributed by atoms with Crippen LogP contribution in [0.15, 0.2) is 42.2 Å². The van der Waals surface area contributed by atoms with Gasteiger partial charge in [0.05, 0.1) is 36.8 Å². The summed E-state index contributed by atoms with van der Waals surface area (Å²) >= 11 is 6.43. The minimum atomic E-state index is -4.33. The standard InChI is InChI=1S/C38H49ClF2N4O7S/c1-24-9-13-30(40)34(37(47)43(17-19-50-3)18-20-51-4)44-16-6-8-32(44)45-22-38(15-5-7-26-21-27(39)10-12-29(26)38)23-52-31-14-11-28(33(41)35(31)45)36(46)42-53(48,49)25(24)2/h10-14,21,24-25,32,34H,5-9,15-20,22-23H2,1-4H3,(H,42,46)/b30-13-/t24-,25+,32+,34+,38-/m0/s1. The molecule has 4 aliphatic rings. The molecule has 1 saturated heterocycles. The summed E-state index contributed by atoms with van der Waals surface area (Å²) in [5.74, 6) is -3.81. The molecule has 2 amide bonds. The van der Waals surface area contributed by atoms with Gasteiger partial charge in [-0.3, -0.25) is 14.5 Å². The summed E-state index contributed by atoms with van der Waals surface area (Å²) in [7, 11) is -1.29. The first-order valence-corrected chi connectivity index (χ1v) is 20.2. The van der Waals surface area contributed by atoms with Crippen LogP contribution in [0.25, 0.3) is 0 Å². The zero-order valence-electron chi connectivity index (χ0n) is 30.7. The van der Waals surface area contributed by atoms with E-state index in [9.17, 15) is 18.0 Å². The Morgan fingerprint density at radius 1 is 1.11 bits per heavy atom. The maximum absolute atomic E-state index is 17.2. The number of carbonyl (C=O) groups is 2. The molecule has 1 N–H and O–H groups in total. The van der Waals surface area contributed by atoms with E-state index in [0.29, 0.717) is 30.8 Å². The van der Waals surface area contributed by atoms with Crippen LogP contribution in [-0.2, 0) is 36.1 Å². The van der Waals surface area contributed by atoms with Gasteiger partial charge in [-0.25, -0.2) is 21.9 Å². The Labute approximate surface area is 315 Å². The summed E-state index contributed by atoms with van der Waals surface area (Å²) in [6.07, 6.45) is 3.88. The number of sulfonamides is 1. The zero-order chi connectivity index (χ0) is 38.1. The second-order valence-electron chi connectivity index (χ2n) is 14.7. The van der Waals surface area contributed by atoms with Gasteiger partial charge >= 0.3 is 0 Å². The summed E-state index contributed by atoms with van der Waals surface area (Å²) in [5.41, 5.74) is 0.913. The number of nitrogens with zero attached hydrogens (tertiary/aromatic N) is 3. The van der Waals surface area contributed by atoms with E-state index in [4.69, 9.17) is 25.8 Å². The molecule has 0 radical (unpaired) electrons. The highest BCUT2D eigenvalue weighted by atomic mass is 35.5. The quantitative estimate of drug-likeness (QED) is 0.405. The van der Waals surface area contributed by atoms with E-state index in [0.717, 1.165) is 24.0 Å². The normalized spacial score (nSPS) is 28.3. The Bertz CT molecular complexity index is 1840. The molecule has 11 nitrogen and oxygen atoms in total. The van der Waals surface area contributed by atoms with Gasteiger partial charge in [0, 0.05) is 50.8 Å². The molecule has 1 aliphatic carbocycles. The average molecular weight is 779 g/mol. The zero-order valence-corrected chi connectivity index (χ0v) is 32.3. The minimum Gasteiger partial charge on any atom is -0.490 e. The smallest absolute Gasteiger partial charge is 0.267 e. The van der Waals surface area contributed by atoms with Crippen molar-refractivity contribution in [1.82, 2.24) is 14.5 Å². The molecule has 3 aliphatic heterocycles. The van der Waals surface area contributed by atoms with E-state index in [-0.39, 0.29) is 57.3 Å². The Hall–Kier alpha value is -3.30. The number of carbonyl (C=O) groups excluding carboxylic acids is 2. The molecule has 15 heteroatoms. The molecule has 5 atom stereocenters. The van der Waals surface area contributed by atoms with Gasteiger partial charge < -0.3 is 24.0 Å². The van der Waals surface area contributed by atoms with Gasteiger partial charge in [-0.2, -0.15) is 0 Å². The largest absolute Gasteiger partial charge is 0.490 e. The number of halogens is 3. The number of rotatable bonds is 7. The SMILES string of the molecule is COCCN(CCOC)C(=O)[C@H]1/C(F)=C/C[C@H](C)[C@@H](C)S(=O)(=O)NC(=O)c2ccc3c(c2F)N(C[C@@]2(CCCc4cc(Cl)ccc42)CO3)[C@@H]2CCCN12. The van der Waals surface area contributed by atoms with Crippen molar-refractivity contribution in [2.45, 2.75) is 75.2 Å². The predicted molar refractivity (Wildman–Crippen MR) is 198 cm³/mol. The number of nitrogens with one attached hydrogen (secondary N) is 1. The predicted octanol–water partition coefficient (Wildman–Crippen LogP) is 5.21. The first-order chi connectivity index (χ1) is 25.3. The molecular weight excluding hydrogens is 730 g/mol. The van der Waals surface area contributed by atoms with E-state index in [1.165, 1.54) is 44.3 Å². The van der Waals surface area contributed by atoms with Crippen molar-refractivity contribution in [3.8, 4) is 5.75 Å². The molecule has 2 bridgehead atoms. The van der Waals surface area contributed by atoms with Crippen molar-refractivity contribution in [1.29, 1.82) is 0 Å². The maximum atomic E-state index is 17.2. The summed E-state index contributed by atoms with van der Waals surface area (Å²) in [6, 6.07) is 7.07. The molecule has 1 spiro atoms. The van der Waals surface area contributed by atoms with Crippen LogP contribution in [0.2, 0.25) is 5.02 Å². The molecule has 1 fully saturated rings. The first kappa shape index (κ1) is 39.4. The number of hydrogen-bond donors (Lipinski definition) is 1. The molecule has 6 rings (SSSR count). The fourth-order valence-corrected chi connectivity index (χ4v) is 9.77. The van der Waals surface area contributed by atoms with Crippen molar-refractivity contribution < 1.29 is 41.0 Å². The lowest BCUT2D eigenvalue weighted by Crippen LogP contribution is -2.58. The molecule has 3 heterocycles. The fraction of sp³-hybridized carbons (Fsp3) is 0.579. The highest BCUT2D eigenvalue weighted by molar-refractivity contribution is 7.90. The van der Waals surface area contributed by atoms with Crippen LogP contribution in [0.5, 0.6) is 5.75 Å². The number of anilines is 1. The molecule has 2 aromatic rings. The number of hydrogen-bond acceptors (Lipinski definition) is 9. The number of allylic oxidation sites excluding steroid dienone is 1. The summed E-state index contributed by atoms with van der Waals surface area (Å²) in [5, 5.41) is -0.553. The topological polar surface area (TPSA) is 118 Å². The molecule has 0 saturated carbocycles. The third-order valence-electron chi connectivity index (χ3n) is 11.4. The van der Waals surface area contributed by atoms with Crippen molar-refractivity contribution in [2.75, 3.05) is 65.1 Å².